The molecule has 1 unspecified atom stereocenters. The van der Waals surface area contributed by atoms with Crippen molar-refractivity contribution >= 4 is 5.91 Å². The van der Waals surface area contributed by atoms with E-state index in [-0.39, 0.29) is 11.8 Å². The van der Waals surface area contributed by atoms with Gasteiger partial charge in [-0.15, -0.1) is 0 Å². The average Bonchev–Trinajstić information content (AvgIpc) is 2.36. The van der Waals surface area contributed by atoms with Crippen LogP contribution in [0.15, 0.2) is 24.4 Å². The topological polar surface area (TPSA) is 59.2 Å². The lowest BCUT2D eigenvalue weighted by atomic mass is 9.96. The summed E-state index contributed by atoms with van der Waals surface area (Å²) in [4.78, 5) is 18.2. The fourth-order valence-electron chi connectivity index (χ4n) is 1.99. The largest absolute Gasteiger partial charge is 0.340 e. The molecule has 1 aromatic rings. The van der Waals surface area contributed by atoms with Gasteiger partial charge in [-0.25, -0.2) is 0 Å². The molecule has 0 aliphatic carbocycles. The van der Waals surface area contributed by atoms with Gasteiger partial charge in [0.2, 0.25) is 5.91 Å². The number of pyridine rings is 1. The van der Waals surface area contributed by atoms with Gasteiger partial charge in [-0.2, -0.15) is 0 Å². The van der Waals surface area contributed by atoms with Gasteiger partial charge in [0.05, 0.1) is 18.2 Å². The summed E-state index contributed by atoms with van der Waals surface area (Å²) >= 11 is 0. The van der Waals surface area contributed by atoms with Gasteiger partial charge in [-0.3, -0.25) is 9.78 Å². The Morgan fingerprint density at radius 3 is 2.67 bits per heavy atom. The standard InChI is InChI=1S/C14H23N3O/c1-11(2)8-12(9-15)14(18)17(3)10-13-6-4-5-7-16-13/h4-7,11-12H,8-10,15H2,1-3H3. The molecule has 0 aliphatic heterocycles. The van der Waals surface area contributed by atoms with Crippen molar-refractivity contribution in [1.29, 1.82) is 0 Å². The molecule has 0 aromatic carbocycles. The highest BCUT2D eigenvalue weighted by molar-refractivity contribution is 5.78. The van der Waals surface area contributed by atoms with Crippen LogP contribution in [0.3, 0.4) is 0 Å². The van der Waals surface area contributed by atoms with Gasteiger partial charge in [0.15, 0.2) is 0 Å². The van der Waals surface area contributed by atoms with Crippen molar-refractivity contribution in [3.05, 3.63) is 30.1 Å². The van der Waals surface area contributed by atoms with Gasteiger partial charge in [0.1, 0.15) is 0 Å². The Bertz CT molecular complexity index is 365. The second kappa shape index (κ2) is 7.11. The van der Waals surface area contributed by atoms with Gasteiger partial charge in [0, 0.05) is 19.8 Å². The maximum Gasteiger partial charge on any atom is 0.227 e. The third-order valence-electron chi connectivity index (χ3n) is 2.89. The maximum atomic E-state index is 12.2. The molecule has 1 aromatic heterocycles. The van der Waals surface area contributed by atoms with Crippen molar-refractivity contribution in [2.24, 2.45) is 17.6 Å². The van der Waals surface area contributed by atoms with E-state index in [4.69, 9.17) is 5.73 Å². The van der Waals surface area contributed by atoms with Gasteiger partial charge in [-0.1, -0.05) is 19.9 Å². The van der Waals surface area contributed by atoms with E-state index in [0.717, 1.165) is 12.1 Å². The molecule has 1 amide bonds. The Balaban J connectivity index is 2.59. The Labute approximate surface area is 109 Å². The van der Waals surface area contributed by atoms with E-state index in [2.05, 4.69) is 18.8 Å². The number of rotatable bonds is 6. The number of carbonyl (C=O) groups is 1. The number of hydrogen-bond donors (Lipinski definition) is 1. The van der Waals surface area contributed by atoms with Crippen LogP contribution >= 0.6 is 0 Å². The molecule has 4 heteroatoms. The average molecular weight is 249 g/mol. The summed E-state index contributed by atoms with van der Waals surface area (Å²) in [5, 5.41) is 0. The zero-order valence-electron chi connectivity index (χ0n) is 11.5. The van der Waals surface area contributed by atoms with Crippen LogP contribution in [0.2, 0.25) is 0 Å². The summed E-state index contributed by atoms with van der Waals surface area (Å²) in [6.07, 6.45) is 2.57. The third-order valence-corrected chi connectivity index (χ3v) is 2.89. The van der Waals surface area contributed by atoms with Crippen molar-refractivity contribution in [1.82, 2.24) is 9.88 Å². The predicted molar refractivity (Wildman–Crippen MR) is 72.7 cm³/mol. The van der Waals surface area contributed by atoms with Crippen molar-refractivity contribution < 1.29 is 4.79 Å². The van der Waals surface area contributed by atoms with Crippen molar-refractivity contribution in [2.45, 2.75) is 26.8 Å². The zero-order valence-corrected chi connectivity index (χ0v) is 11.5. The number of carbonyl (C=O) groups excluding carboxylic acids is 1. The Morgan fingerprint density at radius 1 is 1.44 bits per heavy atom. The molecule has 100 valence electrons. The predicted octanol–water partition coefficient (Wildman–Crippen LogP) is 1.66. The molecule has 0 spiro atoms. The molecule has 0 aliphatic rings. The smallest absolute Gasteiger partial charge is 0.227 e. The summed E-state index contributed by atoms with van der Waals surface area (Å²) in [7, 11) is 1.81. The lowest BCUT2D eigenvalue weighted by Gasteiger charge is -2.23. The first-order valence-electron chi connectivity index (χ1n) is 6.39. The minimum Gasteiger partial charge on any atom is -0.340 e. The van der Waals surface area contributed by atoms with E-state index in [0.29, 0.717) is 19.0 Å². The molecule has 0 saturated carbocycles. The first-order valence-corrected chi connectivity index (χ1v) is 6.39. The van der Waals surface area contributed by atoms with Crippen LogP contribution in [0, 0.1) is 11.8 Å². The first-order chi connectivity index (χ1) is 8.54. The molecule has 1 rings (SSSR count). The van der Waals surface area contributed by atoms with E-state index >= 15 is 0 Å². The van der Waals surface area contributed by atoms with Gasteiger partial charge in [-0.05, 0) is 24.5 Å². The van der Waals surface area contributed by atoms with Crippen LogP contribution in [0.4, 0.5) is 0 Å². The Hall–Kier alpha value is -1.42. The SMILES string of the molecule is CC(C)CC(CN)C(=O)N(C)Cc1ccccn1. The van der Waals surface area contributed by atoms with Crippen molar-refractivity contribution in [3.63, 3.8) is 0 Å². The van der Waals surface area contributed by atoms with Crippen LogP contribution in [0.1, 0.15) is 26.0 Å². The second-order valence-corrected chi connectivity index (χ2v) is 5.08. The molecular formula is C14H23N3O. The summed E-state index contributed by atoms with van der Waals surface area (Å²) in [5.74, 6) is 0.501. The maximum absolute atomic E-state index is 12.2. The molecular weight excluding hydrogens is 226 g/mol. The molecule has 1 atom stereocenters. The molecule has 0 fully saturated rings. The number of nitrogens with two attached hydrogens (primary N) is 1. The summed E-state index contributed by atoms with van der Waals surface area (Å²) < 4.78 is 0. The van der Waals surface area contributed by atoms with E-state index in [1.165, 1.54) is 0 Å². The Kier molecular flexibility index (Phi) is 5.78. The quantitative estimate of drug-likeness (QED) is 0.834. The fraction of sp³-hybridized carbons (Fsp3) is 0.571. The number of amides is 1. The summed E-state index contributed by atoms with van der Waals surface area (Å²) in [6, 6.07) is 5.71. The highest BCUT2D eigenvalue weighted by Crippen LogP contribution is 2.14. The van der Waals surface area contributed by atoms with Gasteiger partial charge in [0.25, 0.3) is 0 Å². The van der Waals surface area contributed by atoms with E-state index in [9.17, 15) is 4.79 Å². The first kappa shape index (κ1) is 14.6. The lowest BCUT2D eigenvalue weighted by molar-refractivity contribution is -0.135. The van der Waals surface area contributed by atoms with Crippen LogP contribution in [0.5, 0.6) is 0 Å². The van der Waals surface area contributed by atoms with Crippen LogP contribution < -0.4 is 5.73 Å². The second-order valence-electron chi connectivity index (χ2n) is 5.08. The summed E-state index contributed by atoms with van der Waals surface area (Å²) in [6.45, 7) is 5.15. The third kappa shape index (κ3) is 4.45. The molecule has 2 N–H and O–H groups in total. The van der Waals surface area contributed by atoms with Crippen LogP contribution in [0.25, 0.3) is 0 Å². The van der Waals surface area contributed by atoms with E-state index in [1.54, 1.807) is 18.1 Å². The number of aromatic nitrogens is 1. The van der Waals surface area contributed by atoms with Gasteiger partial charge < -0.3 is 10.6 Å². The Morgan fingerprint density at radius 2 is 2.17 bits per heavy atom. The van der Waals surface area contributed by atoms with E-state index in [1.807, 2.05) is 18.2 Å². The van der Waals surface area contributed by atoms with Crippen LogP contribution in [-0.4, -0.2) is 29.4 Å². The molecule has 1 heterocycles. The fourth-order valence-corrected chi connectivity index (χ4v) is 1.99. The molecule has 0 radical (unpaired) electrons. The monoisotopic (exact) mass is 249 g/mol. The van der Waals surface area contributed by atoms with Crippen molar-refractivity contribution in [3.8, 4) is 0 Å². The molecule has 4 nitrogen and oxygen atoms in total. The highest BCUT2D eigenvalue weighted by Gasteiger charge is 2.21. The van der Waals surface area contributed by atoms with E-state index < -0.39 is 0 Å². The zero-order chi connectivity index (χ0) is 13.5. The molecule has 18 heavy (non-hydrogen) atoms. The molecule has 0 saturated heterocycles. The van der Waals surface area contributed by atoms with Crippen molar-refractivity contribution in [2.75, 3.05) is 13.6 Å². The number of hydrogen-bond acceptors (Lipinski definition) is 3. The minimum absolute atomic E-state index is 0.0845. The highest BCUT2D eigenvalue weighted by atomic mass is 16.2. The molecule has 0 bridgehead atoms. The summed E-state index contributed by atoms with van der Waals surface area (Å²) in [5.41, 5.74) is 6.59. The van der Waals surface area contributed by atoms with Gasteiger partial charge >= 0.3 is 0 Å². The van der Waals surface area contributed by atoms with Crippen LogP contribution in [-0.2, 0) is 11.3 Å². The normalized spacial score (nSPS) is 12.5. The lowest BCUT2D eigenvalue weighted by Crippen LogP contribution is -2.37. The minimum atomic E-state index is -0.0845. The number of nitrogens with zero attached hydrogens (tertiary/aromatic N) is 2.